The molecule has 1 amide bonds. The minimum absolute atomic E-state index is 0.245. The van der Waals surface area contributed by atoms with Gasteiger partial charge >= 0.3 is 0 Å². The molecule has 3 aliphatic rings. The first-order valence-electron chi connectivity index (χ1n) is 9.20. The Labute approximate surface area is 139 Å². The normalized spacial score (nSPS) is 28.0. The first kappa shape index (κ1) is 15.2. The lowest BCUT2D eigenvalue weighted by molar-refractivity contribution is -0.132. The van der Waals surface area contributed by atoms with Gasteiger partial charge in [-0.3, -0.25) is 9.69 Å². The zero-order valence-corrected chi connectivity index (χ0v) is 14.2. The van der Waals surface area contributed by atoms with Crippen molar-refractivity contribution in [2.45, 2.75) is 51.0 Å². The Bertz CT molecular complexity index is 558. The number of carbonyl (C=O) groups is 1. The fourth-order valence-electron chi connectivity index (χ4n) is 4.75. The standard InChI is InChI=1S/C20H28N2O/c1-16(23)21-11-9-20(10-12-21)13-18(17-5-3-2-4-6-17)14-22(15-20)19-7-8-19/h2-6,18-19H,7-15H2,1H3/t18-/m0/s1. The summed E-state index contributed by atoms with van der Waals surface area (Å²) in [5.41, 5.74) is 1.93. The van der Waals surface area contributed by atoms with Crippen LogP contribution in [0.15, 0.2) is 30.3 Å². The molecular weight excluding hydrogens is 284 g/mol. The highest BCUT2D eigenvalue weighted by molar-refractivity contribution is 5.73. The summed E-state index contributed by atoms with van der Waals surface area (Å²) in [5.74, 6) is 0.906. The lowest BCUT2D eigenvalue weighted by atomic mass is 9.68. The highest BCUT2D eigenvalue weighted by atomic mass is 16.2. The van der Waals surface area contributed by atoms with Crippen molar-refractivity contribution < 1.29 is 4.79 Å². The Morgan fingerprint density at radius 2 is 1.83 bits per heavy atom. The van der Waals surface area contributed by atoms with Crippen LogP contribution in [0, 0.1) is 5.41 Å². The summed E-state index contributed by atoms with van der Waals surface area (Å²) >= 11 is 0. The predicted octanol–water partition coefficient (Wildman–Crippen LogP) is 3.27. The number of rotatable bonds is 2. The third-order valence-corrected chi connectivity index (χ3v) is 6.28. The molecule has 23 heavy (non-hydrogen) atoms. The van der Waals surface area contributed by atoms with Crippen LogP contribution in [0.25, 0.3) is 0 Å². The zero-order valence-electron chi connectivity index (χ0n) is 14.2. The maximum atomic E-state index is 11.7. The number of likely N-dealkylation sites (tertiary alicyclic amines) is 2. The molecule has 2 saturated heterocycles. The molecule has 0 unspecified atom stereocenters. The van der Waals surface area contributed by atoms with Gasteiger partial charge in [0.1, 0.15) is 0 Å². The van der Waals surface area contributed by atoms with Crippen LogP contribution in [0.2, 0.25) is 0 Å². The number of nitrogens with zero attached hydrogens (tertiary/aromatic N) is 2. The first-order chi connectivity index (χ1) is 11.2. The van der Waals surface area contributed by atoms with E-state index in [1.807, 2.05) is 4.90 Å². The lowest BCUT2D eigenvalue weighted by Gasteiger charge is -2.50. The Kier molecular flexibility index (Phi) is 3.92. The summed E-state index contributed by atoms with van der Waals surface area (Å²) in [6.45, 7) is 6.10. The second-order valence-electron chi connectivity index (χ2n) is 7.98. The number of amides is 1. The van der Waals surface area contributed by atoms with E-state index < -0.39 is 0 Å². The van der Waals surface area contributed by atoms with Gasteiger partial charge in [-0.05, 0) is 49.0 Å². The minimum Gasteiger partial charge on any atom is -0.343 e. The van der Waals surface area contributed by atoms with Gasteiger partial charge in [0, 0.05) is 39.1 Å². The molecule has 1 spiro atoms. The molecule has 1 saturated carbocycles. The van der Waals surface area contributed by atoms with Crippen molar-refractivity contribution >= 4 is 5.91 Å². The summed E-state index contributed by atoms with van der Waals surface area (Å²) in [7, 11) is 0. The fourth-order valence-corrected chi connectivity index (χ4v) is 4.75. The summed E-state index contributed by atoms with van der Waals surface area (Å²) < 4.78 is 0. The number of hydrogen-bond donors (Lipinski definition) is 0. The summed E-state index contributed by atoms with van der Waals surface area (Å²) in [6.07, 6.45) is 6.43. The summed E-state index contributed by atoms with van der Waals surface area (Å²) in [6, 6.07) is 11.9. The van der Waals surface area contributed by atoms with E-state index in [9.17, 15) is 4.79 Å². The number of hydrogen-bond acceptors (Lipinski definition) is 2. The lowest BCUT2D eigenvalue weighted by Crippen LogP contribution is -2.52. The van der Waals surface area contributed by atoms with E-state index in [4.69, 9.17) is 0 Å². The van der Waals surface area contributed by atoms with E-state index in [0.717, 1.165) is 19.1 Å². The van der Waals surface area contributed by atoms with Crippen molar-refractivity contribution in [1.82, 2.24) is 9.80 Å². The average molecular weight is 312 g/mol. The topological polar surface area (TPSA) is 23.6 Å². The van der Waals surface area contributed by atoms with Crippen LogP contribution in [0.5, 0.6) is 0 Å². The van der Waals surface area contributed by atoms with E-state index in [1.54, 1.807) is 6.92 Å². The molecule has 1 aromatic carbocycles. The number of carbonyl (C=O) groups excluding carboxylic acids is 1. The Hall–Kier alpha value is -1.35. The van der Waals surface area contributed by atoms with Crippen molar-refractivity contribution in [3.05, 3.63) is 35.9 Å². The van der Waals surface area contributed by atoms with Crippen molar-refractivity contribution in [3.8, 4) is 0 Å². The van der Waals surface area contributed by atoms with Crippen molar-refractivity contribution in [2.24, 2.45) is 5.41 Å². The Balaban J connectivity index is 1.53. The summed E-state index contributed by atoms with van der Waals surface area (Å²) in [4.78, 5) is 16.5. The van der Waals surface area contributed by atoms with Crippen LogP contribution >= 0.6 is 0 Å². The van der Waals surface area contributed by atoms with Gasteiger partial charge in [-0.1, -0.05) is 30.3 Å². The Morgan fingerprint density at radius 1 is 1.13 bits per heavy atom. The molecule has 1 aliphatic carbocycles. The van der Waals surface area contributed by atoms with E-state index >= 15 is 0 Å². The van der Waals surface area contributed by atoms with E-state index in [-0.39, 0.29) is 5.91 Å². The van der Waals surface area contributed by atoms with Gasteiger partial charge in [0.15, 0.2) is 0 Å². The second-order valence-corrected chi connectivity index (χ2v) is 7.98. The highest BCUT2D eigenvalue weighted by Gasteiger charge is 2.45. The van der Waals surface area contributed by atoms with Gasteiger partial charge in [-0.2, -0.15) is 0 Å². The van der Waals surface area contributed by atoms with Gasteiger partial charge in [0.2, 0.25) is 5.91 Å². The first-order valence-corrected chi connectivity index (χ1v) is 9.20. The zero-order chi connectivity index (χ0) is 15.9. The molecule has 3 nitrogen and oxygen atoms in total. The molecule has 124 valence electrons. The molecule has 2 aliphatic heterocycles. The molecule has 0 N–H and O–H groups in total. The number of benzene rings is 1. The minimum atomic E-state index is 0.245. The molecule has 3 heteroatoms. The van der Waals surface area contributed by atoms with Crippen molar-refractivity contribution in [3.63, 3.8) is 0 Å². The molecular formula is C20H28N2O. The fraction of sp³-hybridized carbons (Fsp3) is 0.650. The SMILES string of the molecule is CC(=O)N1CCC2(CC1)C[C@H](c1ccccc1)CN(C1CC1)C2. The molecule has 0 aromatic heterocycles. The van der Waals surface area contributed by atoms with Crippen molar-refractivity contribution in [1.29, 1.82) is 0 Å². The number of piperidine rings is 2. The molecule has 0 bridgehead atoms. The molecule has 0 radical (unpaired) electrons. The maximum Gasteiger partial charge on any atom is 0.219 e. The molecule has 1 aromatic rings. The quantitative estimate of drug-likeness (QED) is 0.837. The van der Waals surface area contributed by atoms with Gasteiger partial charge < -0.3 is 4.90 Å². The van der Waals surface area contributed by atoms with E-state index in [1.165, 1.54) is 50.8 Å². The second kappa shape index (κ2) is 5.94. The Morgan fingerprint density at radius 3 is 2.43 bits per heavy atom. The smallest absolute Gasteiger partial charge is 0.219 e. The van der Waals surface area contributed by atoms with Crippen LogP contribution in [-0.4, -0.2) is 47.9 Å². The van der Waals surface area contributed by atoms with Crippen LogP contribution in [-0.2, 0) is 4.79 Å². The molecule has 3 fully saturated rings. The van der Waals surface area contributed by atoms with Gasteiger partial charge in [0.25, 0.3) is 0 Å². The van der Waals surface area contributed by atoms with Gasteiger partial charge in [-0.15, -0.1) is 0 Å². The third kappa shape index (κ3) is 3.16. The highest BCUT2D eigenvalue weighted by Crippen LogP contribution is 2.47. The maximum absolute atomic E-state index is 11.7. The van der Waals surface area contributed by atoms with Gasteiger partial charge in [0.05, 0.1) is 0 Å². The monoisotopic (exact) mass is 312 g/mol. The van der Waals surface area contributed by atoms with Crippen LogP contribution in [0.4, 0.5) is 0 Å². The van der Waals surface area contributed by atoms with Crippen LogP contribution in [0.3, 0.4) is 0 Å². The van der Waals surface area contributed by atoms with Gasteiger partial charge in [-0.25, -0.2) is 0 Å². The summed E-state index contributed by atoms with van der Waals surface area (Å²) in [5, 5.41) is 0. The predicted molar refractivity (Wildman–Crippen MR) is 92.3 cm³/mol. The third-order valence-electron chi connectivity index (χ3n) is 6.28. The molecule has 4 rings (SSSR count). The average Bonchev–Trinajstić information content (AvgIpc) is 3.41. The largest absolute Gasteiger partial charge is 0.343 e. The molecule has 2 heterocycles. The van der Waals surface area contributed by atoms with Crippen LogP contribution in [0.1, 0.15) is 50.5 Å². The van der Waals surface area contributed by atoms with Crippen molar-refractivity contribution in [2.75, 3.05) is 26.2 Å². The van der Waals surface area contributed by atoms with Crippen LogP contribution < -0.4 is 0 Å². The molecule has 1 atom stereocenters. The van der Waals surface area contributed by atoms with E-state index in [0.29, 0.717) is 11.3 Å². The van der Waals surface area contributed by atoms with E-state index in [2.05, 4.69) is 35.2 Å².